The summed E-state index contributed by atoms with van der Waals surface area (Å²) in [5.41, 5.74) is 1.48. The Kier molecular flexibility index (Phi) is 5.77. The lowest BCUT2D eigenvalue weighted by atomic mass is 10.1. The van der Waals surface area contributed by atoms with Crippen molar-refractivity contribution in [2.45, 2.75) is 45.8 Å². The minimum atomic E-state index is -0.348. The topological polar surface area (TPSA) is 59.6 Å². The number of methoxy groups -OCH3 is 1. The first-order valence-electron chi connectivity index (χ1n) is 7.31. The van der Waals surface area contributed by atoms with E-state index in [0.29, 0.717) is 10.7 Å². The lowest BCUT2D eigenvalue weighted by Gasteiger charge is -2.21. The summed E-state index contributed by atoms with van der Waals surface area (Å²) in [5, 5.41) is 7.57. The summed E-state index contributed by atoms with van der Waals surface area (Å²) in [7, 11) is 1.38. The van der Waals surface area contributed by atoms with E-state index in [1.807, 2.05) is 13.8 Å². The Morgan fingerprint density at radius 3 is 2.82 bits per heavy atom. The normalized spacial score (nSPS) is 18.8. The van der Waals surface area contributed by atoms with Crippen LogP contribution in [0.15, 0.2) is 0 Å². The first-order valence-corrected chi connectivity index (χ1v) is 8.54. The number of ether oxygens (including phenoxy) is 2. The van der Waals surface area contributed by atoms with Gasteiger partial charge in [-0.2, -0.15) is 0 Å². The van der Waals surface area contributed by atoms with Gasteiger partial charge < -0.3 is 20.1 Å². The highest BCUT2D eigenvalue weighted by Crippen LogP contribution is 2.32. The molecule has 1 aromatic heterocycles. The van der Waals surface area contributed by atoms with E-state index in [2.05, 4.69) is 17.6 Å². The van der Waals surface area contributed by atoms with Crippen LogP contribution in [-0.2, 0) is 9.47 Å². The molecule has 1 aliphatic heterocycles. The van der Waals surface area contributed by atoms with Gasteiger partial charge in [-0.3, -0.25) is 0 Å². The Hall–Kier alpha value is -1.18. The molecule has 1 saturated heterocycles. The Morgan fingerprint density at radius 1 is 1.50 bits per heavy atom. The zero-order chi connectivity index (χ0) is 16.3. The summed E-state index contributed by atoms with van der Waals surface area (Å²) in [6.45, 7) is 6.75. The van der Waals surface area contributed by atoms with Crippen LogP contribution in [0.5, 0.6) is 0 Å². The molecule has 0 radical (unpaired) electrons. The molecular weight excluding hydrogens is 320 g/mol. The SMILES string of the molecule is COC(=O)c1c(NC(=S)NC(C)C2CCCO2)sc(C)c1C. The molecule has 2 unspecified atom stereocenters. The monoisotopic (exact) mass is 342 g/mol. The number of esters is 1. The number of hydrogen-bond acceptors (Lipinski definition) is 5. The number of rotatable bonds is 4. The molecule has 0 aliphatic carbocycles. The van der Waals surface area contributed by atoms with Crippen LogP contribution < -0.4 is 10.6 Å². The number of anilines is 1. The highest BCUT2D eigenvalue weighted by molar-refractivity contribution is 7.80. The number of carbonyl (C=O) groups is 1. The molecule has 0 aromatic carbocycles. The first-order chi connectivity index (χ1) is 10.4. The van der Waals surface area contributed by atoms with Gasteiger partial charge >= 0.3 is 5.97 Å². The van der Waals surface area contributed by atoms with Gasteiger partial charge in [-0.15, -0.1) is 11.3 Å². The average molecular weight is 342 g/mol. The van der Waals surface area contributed by atoms with Crippen molar-refractivity contribution < 1.29 is 14.3 Å². The number of nitrogens with one attached hydrogen (secondary N) is 2. The molecule has 122 valence electrons. The van der Waals surface area contributed by atoms with E-state index in [9.17, 15) is 4.79 Å². The summed E-state index contributed by atoms with van der Waals surface area (Å²) in [5.74, 6) is -0.348. The van der Waals surface area contributed by atoms with Gasteiger partial charge in [0.15, 0.2) is 5.11 Å². The fourth-order valence-electron chi connectivity index (χ4n) is 2.50. The van der Waals surface area contributed by atoms with Crippen LogP contribution in [0.4, 0.5) is 5.00 Å². The Bertz CT molecular complexity index is 565. The highest BCUT2D eigenvalue weighted by atomic mass is 32.1. The molecule has 1 aliphatic rings. The standard InChI is InChI=1S/C15H22N2O3S2/c1-8-10(3)22-13(12(8)14(18)19-4)17-15(21)16-9(2)11-6-5-7-20-11/h9,11H,5-7H2,1-4H3,(H2,16,17,21). The Balaban J connectivity index is 2.05. The lowest BCUT2D eigenvalue weighted by molar-refractivity contribution is 0.0601. The smallest absolute Gasteiger partial charge is 0.341 e. The molecule has 2 atom stereocenters. The minimum absolute atomic E-state index is 0.131. The molecule has 2 heterocycles. The number of hydrogen-bond donors (Lipinski definition) is 2. The Morgan fingerprint density at radius 2 is 2.23 bits per heavy atom. The van der Waals surface area contributed by atoms with Gasteiger partial charge in [-0.1, -0.05) is 0 Å². The van der Waals surface area contributed by atoms with E-state index in [1.54, 1.807) is 0 Å². The third kappa shape index (κ3) is 3.77. The van der Waals surface area contributed by atoms with Crippen LogP contribution in [0.3, 0.4) is 0 Å². The van der Waals surface area contributed by atoms with Crippen molar-refractivity contribution in [1.29, 1.82) is 0 Å². The van der Waals surface area contributed by atoms with Crippen molar-refractivity contribution in [3.63, 3.8) is 0 Å². The molecule has 2 N–H and O–H groups in total. The maximum Gasteiger partial charge on any atom is 0.341 e. The second-order valence-corrected chi connectivity index (χ2v) is 7.05. The van der Waals surface area contributed by atoms with Gasteiger partial charge in [0.1, 0.15) is 5.00 Å². The molecule has 0 bridgehead atoms. The lowest BCUT2D eigenvalue weighted by Crippen LogP contribution is -2.42. The van der Waals surface area contributed by atoms with Gasteiger partial charge in [0, 0.05) is 11.5 Å². The zero-order valence-electron chi connectivity index (χ0n) is 13.3. The van der Waals surface area contributed by atoms with E-state index >= 15 is 0 Å². The predicted octanol–water partition coefficient (Wildman–Crippen LogP) is 3.01. The predicted molar refractivity (Wildman–Crippen MR) is 92.9 cm³/mol. The highest BCUT2D eigenvalue weighted by Gasteiger charge is 2.24. The van der Waals surface area contributed by atoms with E-state index in [4.69, 9.17) is 21.7 Å². The van der Waals surface area contributed by atoms with Crippen molar-refractivity contribution in [2.75, 3.05) is 19.0 Å². The summed E-state index contributed by atoms with van der Waals surface area (Å²) in [6.07, 6.45) is 2.32. The zero-order valence-corrected chi connectivity index (χ0v) is 15.0. The van der Waals surface area contributed by atoms with Crippen LogP contribution in [0.25, 0.3) is 0 Å². The third-order valence-electron chi connectivity index (χ3n) is 3.88. The van der Waals surface area contributed by atoms with Crippen LogP contribution in [-0.4, -0.2) is 36.9 Å². The van der Waals surface area contributed by atoms with Gasteiger partial charge in [-0.05, 0) is 51.4 Å². The fraction of sp³-hybridized carbons (Fsp3) is 0.600. The number of carbonyl (C=O) groups excluding carboxylic acids is 1. The van der Waals surface area contributed by atoms with E-state index < -0.39 is 0 Å². The molecule has 22 heavy (non-hydrogen) atoms. The van der Waals surface area contributed by atoms with E-state index in [-0.39, 0.29) is 18.1 Å². The molecule has 7 heteroatoms. The van der Waals surface area contributed by atoms with E-state index in [0.717, 1.165) is 34.9 Å². The minimum Gasteiger partial charge on any atom is -0.465 e. The Labute approximate surface area is 140 Å². The quantitative estimate of drug-likeness (QED) is 0.648. The fourth-order valence-corrected chi connectivity index (χ4v) is 3.90. The maximum absolute atomic E-state index is 11.9. The summed E-state index contributed by atoms with van der Waals surface area (Å²) in [4.78, 5) is 13.0. The maximum atomic E-state index is 11.9. The van der Waals surface area contributed by atoms with Crippen molar-refractivity contribution in [1.82, 2.24) is 5.32 Å². The van der Waals surface area contributed by atoms with Crippen molar-refractivity contribution in [2.24, 2.45) is 0 Å². The molecule has 2 rings (SSSR count). The second kappa shape index (κ2) is 7.39. The largest absolute Gasteiger partial charge is 0.465 e. The molecule has 1 aromatic rings. The molecule has 0 saturated carbocycles. The average Bonchev–Trinajstić information content (AvgIpc) is 3.08. The van der Waals surface area contributed by atoms with Gasteiger partial charge in [0.05, 0.1) is 24.8 Å². The van der Waals surface area contributed by atoms with Crippen LogP contribution in [0.2, 0.25) is 0 Å². The van der Waals surface area contributed by atoms with Gasteiger partial charge in [0.25, 0.3) is 0 Å². The summed E-state index contributed by atoms with van der Waals surface area (Å²) in [6, 6.07) is 0.131. The summed E-state index contributed by atoms with van der Waals surface area (Å²) >= 11 is 6.86. The van der Waals surface area contributed by atoms with Gasteiger partial charge in [-0.25, -0.2) is 4.79 Å². The van der Waals surface area contributed by atoms with Crippen molar-refractivity contribution in [3.05, 3.63) is 16.0 Å². The molecule has 1 fully saturated rings. The molecule has 0 spiro atoms. The van der Waals surface area contributed by atoms with Crippen molar-refractivity contribution >= 4 is 39.6 Å². The van der Waals surface area contributed by atoms with Gasteiger partial charge in [0.2, 0.25) is 0 Å². The molecular formula is C15H22N2O3S2. The van der Waals surface area contributed by atoms with Crippen LogP contribution in [0.1, 0.15) is 40.6 Å². The number of thiocarbonyl (C=S) groups is 1. The van der Waals surface area contributed by atoms with Crippen molar-refractivity contribution in [3.8, 4) is 0 Å². The molecule has 0 amide bonds. The first kappa shape index (κ1) is 17.2. The van der Waals surface area contributed by atoms with Crippen LogP contribution in [0, 0.1) is 13.8 Å². The second-order valence-electron chi connectivity index (χ2n) is 5.42. The van der Waals surface area contributed by atoms with Crippen LogP contribution >= 0.6 is 23.6 Å². The third-order valence-corrected chi connectivity index (χ3v) is 5.23. The number of thiophene rings is 1. The number of aryl methyl sites for hydroxylation is 1. The van der Waals surface area contributed by atoms with E-state index in [1.165, 1.54) is 18.4 Å². The molecule has 5 nitrogen and oxygen atoms in total. The summed E-state index contributed by atoms with van der Waals surface area (Å²) < 4.78 is 10.5.